The van der Waals surface area contributed by atoms with Gasteiger partial charge in [0.25, 0.3) is 0 Å². The molecular formula is C15H25N3O4S. The van der Waals surface area contributed by atoms with Gasteiger partial charge >= 0.3 is 0 Å². The lowest BCUT2D eigenvalue weighted by Gasteiger charge is -2.39. The second-order valence-corrected chi connectivity index (χ2v) is 8.37. The summed E-state index contributed by atoms with van der Waals surface area (Å²) in [5.41, 5.74) is 1.15. The SMILES string of the molecule is Cc1nn(C)c(C)c1S(=O)(=O)N1CCOCC1C1CCCC1O. The summed E-state index contributed by atoms with van der Waals surface area (Å²) in [5, 5.41) is 14.5. The largest absolute Gasteiger partial charge is 0.393 e. The highest BCUT2D eigenvalue weighted by molar-refractivity contribution is 7.89. The summed E-state index contributed by atoms with van der Waals surface area (Å²) in [7, 11) is -1.90. The first kappa shape index (κ1) is 16.9. The van der Waals surface area contributed by atoms with Crippen molar-refractivity contribution in [1.29, 1.82) is 0 Å². The molecule has 2 fully saturated rings. The highest BCUT2D eigenvalue weighted by atomic mass is 32.2. The number of rotatable bonds is 3. The quantitative estimate of drug-likeness (QED) is 0.868. The molecule has 1 aromatic rings. The maximum absolute atomic E-state index is 13.3. The fourth-order valence-corrected chi connectivity index (χ4v) is 5.95. The molecule has 3 unspecified atom stereocenters. The van der Waals surface area contributed by atoms with E-state index in [1.54, 1.807) is 25.6 Å². The Hall–Kier alpha value is -0.960. The Kier molecular flexibility index (Phi) is 4.52. The minimum Gasteiger partial charge on any atom is -0.393 e. The van der Waals surface area contributed by atoms with Gasteiger partial charge in [-0.15, -0.1) is 0 Å². The van der Waals surface area contributed by atoms with E-state index in [9.17, 15) is 13.5 Å². The average molecular weight is 343 g/mol. The molecule has 3 rings (SSSR count). The van der Waals surface area contributed by atoms with E-state index in [2.05, 4.69) is 5.10 Å². The summed E-state index contributed by atoms with van der Waals surface area (Å²) in [5.74, 6) is -0.0534. The lowest BCUT2D eigenvalue weighted by Crippen LogP contribution is -2.53. The van der Waals surface area contributed by atoms with Crippen molar-refractivity contribution in [2.75, 3.05) is 19.8 Å². The summed E-state index contributed by atoms with van der Waals surface area (Å²) in [6, 6.07) is -0.301. The molecule has 2 aliphatic rings. The molecular weight excluding hydrogens is 318 g/mol. The minimum absolute atomic E-state index is 0.0534. The Bertz CT molecular complexity index is 685. The fraction of sp³-hybridized carbons (Fsp3) is 0.800. The molecule has 7 nitrogen and oxygen atoms in total. The topological polar surface area (TPSA) is 84.7 Å². The van der Waals surface area contributed by atoms with Gasteiger partial charge in [0.2, 0.25) is 10.0 Å². The first-order valence-corrected chi connectivity index (χ1v) is 9.56. The molecule has 3 atom stereocenters. The normalized spacial score (nSPS) is 30.0. The molecule has 1 aliphatic heterocycles. The summed E-state index contributed by atoms with van der Waals surface area (Å²) in [4.78, 5) is 0.291. The molecule has 2 heterocycles. The second-order valence-electron chi connectivity index (χ2n) is 6.54. The van der Waals surface area contributed by atoms with Gasteiger partial charge in [-0.05, 0) is 26.7 Å². The van der Waals surface area contributed by atoms with Crippen molar-refractivity contribution >= 4 is 10.0 Å². The van der Waals surface area contributed by atoms with Gasteiger partial charge < -0.3 is 9.84 Å². The smallest absolute Gasteiger partial charge is 0.247 e. The Morgan fingerprint density at radius 1 is 1.30 bits per heavy atom. The lowest BCUT2D eigenvalue weighted by atomic mass is 9.96. The Labute approximate surface area is 137 Å². The van der Waals surface area contributed by atoms with Crippen molar-refractivity contribution in [2.24, 2.45) is 13.0 Å². The van der Waals surface area contributed by atoms with Crippen molar-refractivity contribution in [3.8, 4) is 0 Å². The summed E-state index contributed by atoms with van der Waals surface area (Å²) in [6.45, 7) is 4.55. The first-order valence-electron chi connectivity index (χ1n) is 8.12. The average Bonchev–Trinajstić information content (AvgIpc) is 3.03. The van der Waals surface area contributed by atoms with Crippen molar-refractivity contribution in [2.45, 2.75) is 50.2 Å². The zero-order chi connectivity index (χ0) is 16.8. The van der Waals surface area contributed by atoms with Crippen molar-refractivity contribution in [3.05, 3.63) is 11.4 Å². The van der Waals surface area contributed by atoms with Crippen LogP contribution in [0.3, 0.4) is 0 Å². The van der Waals surface area contributed by atoms with E-state index in [-0.39, 0.29) is 12.0 Å². The van der Waals surface area contributed by atoms with Gasteiger partial charge in [-0.2, -0.15) is 9.40 Å². The van der Waals surface area contributed by atoms with E-state index in [1.165, 1.54) is 4.31 Å². The van der Waals surface area contributed by atoms with Gasteiger partial charge in [0.15, 0.2) is 0 Å². The maximum atomic E-state index is 13.3. The summed E-state index contributed by atoms with van der Waals surface area (Å²) < 4.78 is 35.2. The minimum atomic E-state index is -3.65. The molecule has 8 heteroatoms. The maximum Gasteiger partial charge on any atom is 0.247 e. The van der Waals surface area contributed by atoms with Crippen LogP contribution in [0.1, 0.15) is 30.7 Å². The molecule has 0 amide bonds. The van der Waals surface area contributed by atoms with Gasteiger partial charge in [0.05, 0.1) is 36.7 Å². The van der Waals surface area contributed by atoms with Gasteiger partial charge in [0.1, 0.15) is 4.90 Å². The van der Waals surface area contributed by atoms with Gasteiger partial charge in [-0.1, -0.05) is 6.42 Å². The van der Waals surface area contributed by atoms with Crippen LogP contribution in [0, 0.1) is 19.8 Å². The molecule has 0 spiro atoms. The van der Waals surface area contributed by atoms with Crippen molar-refractivity contribution in [3.63, 3.8) is 0 Å². The third kappa shape index (κ3) is 2.82. The van der Waals surface area contributed by atoms with E-state index in [0.717, 1.165) is 19.3 Å². The number of nitrogens with zero attached hydrogens (tertiary/aromatic N) is 3. The van der Waals surface area contributed by atoms with Crippen LogP contribution >= 0.6 is 0 Å². The van der Waals surface area contributed by atoms with Crippen molar-refractivity contribution in [1.82, 2.24) is 14.1 Å². The van der Waals surface area contributed by atoms with Crippen LogP contribution in [0.4, 0.5) is 0 Å². The van der Waals surface area contributed by atoms with Crippen molar-refractivity contribution < 1.29 is 18.3 Å². The number of ether oxygens (including phenoxy) is 1. The number of sulfonamides is 1. The lowest BCUT2D eigenvalue weighted by molar-refractivity contribution is -0.0148. The zero-order valence-electron chi connectivity index (χ0n) is 13.9. The van der Waals surface area contributed by atoms with E-state index in [4.69, 9.17) is 4.74 Å². The van der Waals surface area contributed by atoms with E-state index >= 15 is 0 Å². The number of morpholine rings is 1. The van der Waals surface area contributed by atoms with Crippen LogP contribution < -0.4 is 0 Å². The van der Waals surface area contributed by atoms with Crippen LogP contribution in [-0.2, 0) is 21.8 Å². The third-order valence-corrected chi connectivity index (χ3v) is 7.33. The monoisotopic (exact) mass is 343 g/mol. The van der Waals surface area contributed by atoms with Crippen LogP contribution in [0.25, 0.3) is 0 Å². The van der Waals surface area contributed by atoms with E-state index < -0.39 is 16.1 Å². The predicted octanol–water partition coefficient (Wildman–Crippen LogP) is 0.587. The standard InChI is InChI=1S/C15H25N3O4S/c1-10-15(11(2)17(3)16-10)23(20,21)18-7-8-22-9-13(18)12-5-4-6-14(12)19/h12-14,19H,4-9H2,1-3H3. The predicted molar refractivity (Wildman–Crippen MR) is 84.5 cm³/mol. The molecule has 1 aromatic heterocycles. The Morgan fingerprint density at radius 3 is 2.61 bits per heavy atom. The third-order valence-electron chi connectivity index (χ3n) is 5.15. The molecule has 1 N–H and O–H groups in total. The van der Waals surface area contributed by atoms with Crippen LogP contribution in [0.5, 0.6) is 0 Å². The molecule has 0 bridgehead atoms. The van der Waals surface area contributed by atoms with Crippen LogP contribution in [0.15, 0.2) is 4.90 Å². The number of aliphatic hydroxyl groups is 1. The Morgan fingerprint density at radius 2 is 2.04 bits per heavy atom. The van der Waals surface area contributed by atoms with Crippen LogP contribution in [-0.4, -0.2) is 59.5 Å². The highest BCUT2D eigenvalue weighted by Gasteiger charge is 2.44. The number of hydrogen-bond donors (Lipinski definition) is 1. The second kappa shape index (κ2) is 6.16. The number of hydrogen-bond acceptors (Lipinski definition) is 5. The van der Waals surface area contributed by atoms with Crippen LogP contribution in [0.2, 0.25) is 0 Å². The molecule has 0 radical (unpaired) electrons. The first-order chi connectivity index (χ1) is 10.8. The number of aliphatic hydroxyl groups excluding tert-OH is 1. The summed E-state index contributed by atoms with van der Waals surface area (Å²) >= 11 is 0. The fourth-order valence-electron chi connectivity index (χ4n) is 3.91. The molecule has 1 saturated heterocycles. The van der Waals surface area contributed by atoms with Gasteiger partial charge in [0, 0.05) is 19.5 Å². The highest BCUT2D eigenvalue weighted by Crippen LogP contribution is 2.35. The molecule has 130 valence electrons. The zero-order valence-corrected chi connectivity index (χ0v) is 14.7. The molecule has 1 aliphatic carbocycles. The number of aryl methyl sites for hydroxylation is 2. The molecule has 23 heavy (non-hydrogen) atoms. The number of aromatic nitrogens is 2. The Balaban J connectivity index is 1.99. The van der Waals surface area contributed by atoms with Gasteiger partial charge in [-0.3, -0.25) is 4.68 Å². The van der Waals surface area contributed by atoms with Gasteiger partial charge in [-0.25, -0.2) is 8.42 Å². The van der Waals surface area contributed by atoms with E-state index in [1.807, 2.05) is 0 Å². The molecule has 1 saturated carbocycles. The van der Waals surface area contributed by atoms with E-state index in [0.29, 0.717) is 36.0 Å². The summed E-state index contributed by atoms with van der Waals surface area (Å²) in [6.07, 6.45) is 2.06. The molecule has 0 aromatic carbocycles.